The highest BCUT2D eigenvalue weighted by atomic mass is 16.3. The summed E-state index contributed by atoms with van der Waals surface area (Å²) in [6.07, 6.45) is 2.77. The van der Waals surface area contributed by atoms with E-state index in [2.05, 4.69) is 12.0 Å². The van der Waals surface area contributed by atoms with Gasteiger partial charge in [-0.2, -0.15) is 5.10 Å². The van der Waals surface area contributed by atoms with Crippen LogP contribution < -0.4 is 0 Å². The Bertz CT molecular complexity index is 451. The summed E-state index contributed by atoms with van der Waals surface area (Å²) >= 11 is 0. The predicted octanol–water partition coefficient (Wildman–Crippen LogP) is 0.845. The minimum Gasteiger partial charge on any atom is -0.393 e. The van der Waals surface area contributed by atoms with Gasteiger partial charge in [-0.05, 0) is 19.3 Å². The predicted molar refractivity (Wildman–Crippen MR) is 68.6 cm³/mol. The second kappa shape index (κ2) is 5.10. The van der Waals surface area contributed by atoms with Gasteiger partial charge in [0.1, 0.15) is 0 Å². The average molecular weight is 251 g/mol. The molecule has 1 aliphatic carbocycles. The van der Waals surface area contributed by atoms with E-state index < -0.39 is 0 Å². The third-order valence-electron chi connectivity index (χ3n) is 3.36. The molecule has 0 fully saturated rings. The molecular weight excluding hydrogens is 230 g/mol. The summed E-state index contributed by atoms with van der Waals surface area (Å²) in [5, 5.41) is 14.2. The van der Waals surface area contributed by atoms with Crippen molar-refractivity contribution in [3.8, 4) is 0 Å². The number of nitrogens with zero attached hydrogens (tertiary/aromatic N) is 3. The average Bonchev–Trinajstić information content (AvgIpc) is 2.67. The smallest absolute Gasteiger partial charge is 0.274 e. The van der Waals surface area contributed by atoms with E-state index in [0.717, 1.165) is 37.1 Å². The highest BCUT2D eigenvalue weighted by Gasteiger charge is 2.28. The van der Waals surface area contributed by atoms with Crippen LogP contribution in [0, 0.1) is 0 Å². The highest BCUT2D eigenvalue weighted by molar-refractivity contribution is 5.93. The van der Waals surface area contributed by atoms with Crippen molar-refractivity contribution in [3.05, 3.63) is 17.0 Å². The number of amides is 1. The van der Waals surface area contributed by atoms with Crippen LogP contribution in [0.25, 0.3) is 0 Å². The number of hydrogen-bond donors (Lipinski definition) is 1. The van der Waals surface area contributed by atoms with Crippen molar-refractivity contribution >= 4 is 5.91 Å². The fraction of sp³-hybridized carbons (Fsp3) is 0.692. The zero-order valence-electron chi connectivity index (χ0n) is 11.3. The number of carbonyl (C=O) groups excluding carboxylic acids is 1. The standard InChI is InChI=1S/C13H21N3O2/c1-4-7-16-11-6-5-9(17)8-10(11)12(14-16)13(18)15(2)3/h9,17H,4-8H2,1-3H3. The molecule has 0 bridgehead atoms. The highest BCUT2D eigenvalue weighted by Crippen LogP contribution is 2.25. The molecule has 0 radical (unpaired) electrons. The number of carbonyl (C=O) groups is 1. The van der Waals surface area contributed by atoms with E-state index in [1.54, 1.807) is 19.0 Å². The maximum absolute atomic E-state index is 12.1. The van der Waals surface area contributed by atoms with Crippen LogP contribution in [0.1, 0.15) is 41.5 Å². The monoisotopic (exact) mass is 251 g/mol. The molecule has 5 heteroatoms. The first-order chi connectivity index (χ1) is 8.54. The Kier molecular flexibility index (Phi) is 3.71. The molecule has 1 atom stereocenters. The van der Waals surface area contributed by atoms with Crippen LogP contribution in [0.4, 0.5) is 0 Å². The van der Waals surface area contributed by atoms with Crippen molar-refractivity contribution < 1.29 is 9.90 Å². The Morgan fingerprint density at radius 2 is 2.28 bits per heavy atom. The molecular formula is C13H21N3O2. The lowest BCUT2D eigenvalue weighted by molar-refractivity contribution is 0.0818. The first-order valence-electron chi connectivity index (χ1n) is 6.52. The normalized spacial score (nSPS) is 18.6. The van der Waals surface area contributed by atoms with Gasteiger partial charge in [0.15, 0.2) is 5.69 Å². The third kappa shape index (κ3) is 2.27. The third-order valence-corrected chi connectivity index (χ3v) is 3.36. The van der Waals surface area contributed by atoms with E-state index >= 15 is 0 Å². The molecule has 0 spiro atoms. The van der Waals surface area contributed by atoms with Gasteiger partial charge in [-0.3, -0.25) is 9.48 Å². The molecule has 0 saturated heterocycles. The van der Waals surface area contributed by atoms with E-state index in [0.29, 0.717) is 12.1 Å². The zero-order valence-corrected chi connectivity index (χ0v) is 11.3. The Hall–Kier alpha value is -1.36. The van der Waals surface area contributed by atoms with Crippen molar-refractivity contribution in [2.45, 2.75) is 45.3 Å². The van der Waals surface area contributed by atoms with Crippen LogP contribution in [0.5, 0.6) is 0 Å². The fourth-order valence-electron chi connectivity index (χ4n) is 2.45. The van der Waals surface area contributed by atoms with Crippen LogP contribution in [-0.4, -0.2) is 45.9 Å². The molecule has 1 aromatic heterocycles. The summed E-state index contributed by atoms with van der Waals surface area (Å²) in [7, 11) is 3.46. The molecule has 1 amide bonds. The quantitative estimate of drug-likeness (QED) is 0.866. The van der Waals surface area contributed by atoms with Gasteiger partial charge in [0, 0.05) is 38.3 Å². The summed E-state index contributed by atoms with van der Waals surface area (Å²) < 4.78 is 1.94. The molecule has 1 N–H and O–H groups in total. The lowest BCUT2D eigenvalue weighted by Crippen LogP contribution is -2.25. The topological polar surface area (TPSA) is 58.4 Å². The van der Waals surface area contributed by atoms with Gasteiger partial charge in [-0.1, -0.05) is 6.92 Å². The Balaban J connectivity index is 2.43. The van der Waals surface area contributed by atoms with Crippen LogP contribution in [0.3, 0.4) is 0 Å². The number of fused-ring (bicyclic) bond motifs is 1. The van der Waals surface area contributed by atoms with Gasteiger partial charge in [0.25, 0.3) is 5.91 Å². The Labute approximate surface area is 107 Å². The van der Waals surface area contributed by atoms with Crippen LogP contribution in [0.2, 0.25) is 0 Å². The number of rotatable bonds is 3. The molecule has 5 nitrogen and oxygen atoms in total. The molecule has 1 heterocycles. The molecule has 100 valence electrons. The van der Waals surface area contributed by atoms with Crippen molar-refractivity contribution in [1.82, 2.24) is 14.7 Å². The Morgan fingerprint density at radius 3 is 2.89 bits per heavy atom. The second-order valence-electron chi connectivity index (χ2n) is 5.09. The van der Waals surface area contributed by atoms with Gasteiger partial charge in [-0.15, -0.1) is 0 Å². The molecule has 0 aliphatic heterocycles. The zero-order chi connectivity index (χ0) is 13.3. The summed E-state index contributed by atoms with van der Waals surface area (Å²) in [5.41, 5.74) is 2.59. The lowest BCUT2D eigenvalue weighted by atomic mass is 9.93. The van der Waals surface area contributed by atoms with Crippen LogP contribution in [-0.2, 0) is 19.4 Å². The minimum absolute atomic E-state index is 0.0739. The number of aryl methyl sites for hydroxylation is 1. The molecule has 1 aromatic rings. The summed E-state index contributed by atoms with van der Waals surface area (Å²) in [6, 6.07) is 0. The second-order valence-corrected chi connectivity index (χ2v) is 5.09. The van der Waals surface area contributed by atoms with Crippen molar-refractivity contribution in [2.75, 3.05) is 14.1 Å². The van der Waals surface area contributed by atoms with E-state index in [1.165, 1.54) is 0 Å². The SMILES string of the molecule is CCCn1nc(C(=O)N(C)C)c2c1CCC(O)C2. The maximum Gasteiger partial charge on any atom is 0.274 e. The van der Waals surface area contributed by atoms with Crippen molar-refractivity contribution in [3.63, 3.8) is 0 Å². The van der Waals surface area contributed by atoms with E-state index in [9.17, 15) is 9.90 Å². The summed E-state index contributed by atoms with van der Waals surface area (Å²) in [5.74, 6) is -0.0739. The summed E-state index contributed by atoms with van der Waals surface area (Å²) in [4.78, 5) is 13.7. The molecule has 1 unspecified atom stereocenters. The Morgan fingerprint density at radius 1 is 1.56 bits per heavy atom. The van der Waals surface area contributed by atoms with Gasteiger partial charge in [0.2, 0.25) is 0 Å². The number of aliphatic hydroxyl groups is 1. The van der Waals surface area contributed by atoms with E-state index in [-0.39, 0.29) is 12.0 Å². The lowest BCUT2D eigenvalue weighted by Gasteiger charge is -2.19. The molecule has 0 saturated carbocycles. The van der Waals surface area contributed by atoms with Gasteiger partial charge in [0.05, 0.1) is 6.10 Å². The van der Waals surface area contributed by atoms with Crippen LogP contribution in [0.15, 0.2) is 0 Å². The van der Waals surface area contributed by atoms with E-state index in [1.807, 2.05) is 4.68 Å². The van der Waals surface area contributed by atoms with Gasteiger partial charge in [-0.25, -0.2) is 0 Å². The van der Waals surface area contributed by atoms with Crippen molar-refractivity contribution in [1.29, 1.82) is 0 Å². The summed E-state index contributed by atoms with van der Waals surface area (Å²) in [6.45, 7) is 2.93. The maximum atomic E-state index is 12.1. The number of aliphatic hydroxyl groups excluding tert-OH is 1. The molecule has 1 aliphatic rings. The molecule has 0 aromatic carbocycles. The number of aromatic nitrogens is 2. The van der Waals surface area contributed by atoms with Gasteiger partial charge < -0.3 is 10.0 Å². The van der Waals surface area contributed by atoms with E-state index in [4.69, 9.17) is 0 Å². The molecule has 18 heavy (non-hydrogen) atoms. The molecule has 2 rings (SSSR count). The first kappa shape index (κ1) is 13.1. The largest absolute Gasteiger partial charge is 0.393 e. The van der Waals surface area contributed by atoms with Crippen LogP contribution >= 0.6 is 0 Å². The first-order valence-corrected chi connectivity index (χ1v) is 6.52. The minimum atomic E-state index is -0.342. The van der Waals surface area contributed by atoms with Gasteiger partial charge >= 0.3 is 0 Å². The fourth-order valence-corrected chi connectivity index (χ4v) is 2.45. The number of hydrogen-bond acceptors (Lipinski definition) is 3. The van der Waals surface area contributed by atoms with Crippen molar-refractivity contribution in [2.24, 2.45) is 0 Å².